The molecule has 1 rings (SSSR count). The van der Waals surface area contributed by atoms with Gasteiger partial charge in [-0.3, -0.25) is 0 Å². The first kappa shape index (κ1) is 11.5. The molecule has 1 heterocycles. The fourth-order valence-corrected chi connectivity index (χ4v) is 1.55. The Labute approximate surface area is 86.4 Å². The molecule has 3 nitrogen and oxygen atoms in total. The van der Waals surface area contributed by atoms with Gasteiger partial charge in [0.2, 0.25) is 0 Å². The summed E-state index contributed by atoms with van der Waals surface area (Å²) >= 11 is 0. The normalized spacial score (nSPS) is 21.6. The Balaban J connectivity index is 2.50. The van der Waals surface area contributed by atoms with Crippen LogP contribution in [0.15, 0.2) is 0 Å². The van der Waals surface area contributed by atoms with Crippen molar-refractivity contribution in [2.45, 2.75) is 39.2 Å². The molecule has 1 aliphatic heterocycles. The molecule has 0 saturated carbocycles. The number of rotatable bonds is 2. The predicted octanol–water partition coefficient (Wildman–Crippen LogP) is 1.69. The molecular formula is C11H20N2O. The first-order chi connectivity index (χ1) is 6.47. The van der Waals surface area contributed by atoms with E-state index in [1.807, 2.05) is 20.8 Å². The van der Waals surface area contributed by atoms with Crippen LogP contribution in [-0.4, -0.2) is 25.3 Å². The molecule has 1 saturated heterocycles. The maximum atomic E-state index is 9.18. The molecule has 0 atom stereocenters. The first-order valence-corrected chi connectivity index (χ1v) is 5.23. The van der Waals surface area contributed by atoms with E-state index in [0.29, 0.717) is 6.61 Å². The van der Waals surface area contributed by atoms with Gasteiger partial charge in [0.1, 0.15) is 0 Å². The lowest BCUT2D eigenvalue weighted by atomic mass is 9.81. The lowest BCUT2D eigenvalue weighted by molar-refractivity contribution is -0.0442. The van der Waals surface area contributed by atoms with Gasteiger partial charge in [0, 0.05) is 0 Å². The van der Waals surface area contributed by atoms with Gasteiger partial charge in [-0.2, -0.15) is 5.26 Å². The van der Waals surface area contributed by atoms with Crippen LogP contribution in [0.2, 0.25) is 0 Å². The molecule has 1 N–H and O–H groups in total. The lowest BCUT2D eigenvalue weighted by Gasteiger charge is -2.33. The highest BCUT2D eigenvalue weighted by Crippen LogP contribution is 2.29. The van der Waals surface area contributed by atoms with Gasteiger partial charge in [0.05, 0.1) is 23.7 Å². The molecule has 0 radical (unpaired) electrons. The molecule has 1 aliphatic rings. The molecule has 0 aromatic rings. The van der Waals surface area contributed by atoms with Gasteiger partial charge in [-0.1, -0.05) is 0 Å². The molecule has 0 amide bonds. The number of hydrogen-bond acceptors (Lipinski definition) is 3. The van der Waals surface area contributed by atoms with Crippen LogP contribution in [0.1, 0.15) is 33.6 Å². The van der Waals surface area contributed by atoms with Crippen molar-refractivity contribution in [3.05, 3.63) is 0 Å². The van der Waals surface area contributed by atoms with Gasteiger partial charge in [-0.05, 0) is 46.7 Å². The SMILES string of the molecule is CC(C)(C)OCC1(C#N)CCNCC1. The van der Waals surface area contributed by atoms with E-state index in [-0.39, 0.29) is 11.0 Å². The maximum absolute atomic E-state index is 9.18. The summed E-state index contributed by atoms with van der Waals surface area (Å²) in [4.78, 5) is 0. The Kier molecular flexibility index (Phi) is 3.52. The minimum absolute atomic E-state index is 0.144. The van der Waals surface area contributed by atoms with Crippen LogP contribution >= 0.6 is 0 Å². The van der Waals surface area contributed by atoms with Crippen molar-refractivity contribution in [2.24, 2.45) is 5.41 Å². The number of piperidine rings is 1. The zero-order valence-electron chi connectivity index (χ0n) is 9.39. The first-order valence-electron chi connectivity index (χ1n) is 5.23. The summed E-state index contributed by atoms with van der Waals surface area (Å²) < 4.78 is 5.71. The van der Waals surface area contributed by atoms with Crippen LogP contribution in [0, 0.1) is 16.7 Å². The molecule has 80 valence electrons. The van der Waals surface area contributed by atoms with Crippen LogP contribution in [0.25, 0.3) is 0 Å². The minimum atomic E-state index is -0.251. The summed E-state index contributed by atoms with van der Waals surface area (Å²) in [6.45, 7) is 8.51. The topological polar surface area (TPSA) is 45.0 Å². The summed E-state index contributed by atoms with van der Waals surface area (Å²) in [7, 11) is 0. The summed E-state index contributed by atoms with van der Waals surface area (Å²) in [5.41, 5.74) is -0.396. The monoisotopic (exact) mass is 196 g/mol. The molecule has 14 heavy (non-hydrogen) atoms. The highest BCUT2D eigenvalue weighted by molar-refractivity contribution is 5.01. The minimum Gasteiger partial charge on any atom is -0.374 e. The van der Waals surface area contributed by atoms with Crippen molar-refractivity contribution in [1.29, 1.82) is 5.26 Å². The third-order valence-electron chi connectivity index (χ3n) is 2.58. The summed E-state index contributed by atoms with van der Waals surface area (Å²) in [6.07, 6.45) is 1.80. The zero-order chi connectivity index (χ0) is 10.7. The summed E-state index contributed by atoms with van der Waals surface area (Å²) in [5, 5.41) is 12.4. The van der Waals surface area contributed by atoms with Gasteiger partial charge in [0.25, 0.3) is 0 Å². The average molecular weight is 196 g/mol. The largest absolute Gasteiger partial charge is 0.374 e. The van der Waals surface area contributed by atoms with E-state index in [0.717, 1.165) is 25.9 Å². The van der Waals surface area contributed by atoms with Gasteiger partial charge in [0.15, 0.2) is 0 Å². The van der Waals surface area contributed by atoms with Crippen LogP contribution in [0.4, 0.5) is 0 Å². The smallest absolute Gasteiger partial charge is 0.0831 e. The molecule has 0 aliphatic carbocycles. The van der Waals surface area contributed by atoms with E-state index in [1.165, 1.54) is 0 Å². The van der Waals surface area contributed by atoms with E-state index >= 15 is 0 Å². The number of nitrogens with zero attached hydrogens (tertiary/aromatic N) is 1. The van der Waals surface area contributed by atoms with Crippen molar-refractivity contribution in [2.75, 3.05) is 19.7 Å². The van der Waals surface area contributed by atoms with E-state index < -0.39 is 0 Å². The van der Waals surface area contributed by atoms with Gasteiger partial charge in [-0.25, -0.2) is 0 Å². The Morgan fingerprint density at radius 3 is 2.36 bits per heavy atom. The van der Waals surface area contributed by atoms with Gasteiger partial charge >= 0.3 is 0 Å². The number of nitriles is 1. The maximum Gasteiger partial charge on any atom is 0.0831 e. The average Bonchev–Trinajstić information content (AvgIpc) is 2.15. The Morgan fingerprint density at radius 2 is 1.93 bits per heavy atom. The lowest BCUT2D eigenvalue weighted by Crippen LogP contribution is -2.40. The molecule has 1 fully saturated rings. The second-order valence-corrected chi connectivity index (χ2v) is 5.04. The quantitative estimate of drug-likeness (QED) is 0.731. The number of hydrogen-bond donors (Lipinski definition) is 1. The second kappa shape index (κ2) is 4.29. The molecule has 0 bridgehead atoms. The van der Waals surface area contributed by atoms with Crippen molar-refractivity contribution in [3.63, 3.8) is 0 Å². The zero-order valence-corrected chi connectivity index (χ0v) is 9.39. The van der Waals surface area contributed by atoms with Crippen LogP contribution in [-0.2, 0) is 4.74 Å². The summed E-state index contributed by atoms with van der Waals surface area (Å²) in [6, 6.07) is 2.42. The highest BCUT2D eigenvalue weighted by atomic mass is 16.5. The van der Waals surface area contributed by atoms with Crippen LogP contribution < -0.4 is 5.32 Å². The van der Waals surface area contributed by atoms with E-state index in [4.69, 9.17) is 4.74 Å². The summed E-state index contributed by atoms with van der Waals surface area (Å²) in [5.74, 6) is 0. The van der Waals surface area contributed by atoms with Crippen molar-refractivity contribution in [1.82, 2.24) is 5.32 Å². The molecule has 0 unspecified atom stereocenters. The van der Waals surface area contributed by atoms with E-state index in [1.54, 1.807) is 0 Å². The van der Waals surface area contributed by atoms with Gasteiger partial charge in [-0.15, -0.1) is 0 Å². The molecule has 3 heteroatoms. The van der Waals surface area contributed by atoms with Crippen molar-refractivity contribution in [3.8, 4) is 6.07 Å². The third-order valence-corrected chi connectivity index (χ3v) is 2.58. The Hall–Kier alpha value is -0.590. The Morgan fingerprint density at radius 1 is 1.36 bits per heavy atom. The Bertz CT molecular complexity index is 218. The number of nitrogens with one attached hydrogen (secondary N) is 1. The predicted molar refractivity (Wildman–Crippen MR) is 55.9 cm³/mol. The standard InChI is InChI=1S/C11H20N2O/c1-10(2,3)14-9-11(8-12)4-6-13-7-5-11/h13H,4-7,9H2,1-3H3. The molecule has 0 aromatic heterocycles. The van der Waals surface area contributed by atoms with Crippen LogP contribution in [0.5, 0.6) is 0 Å². The second-order valence-electron chi connectivity index (χ2n) is 5.04. The van der Waals surface area contributed by atoms with Gasteiger partial charge < -0.3 is 10.1 Å². The van der Waals surface area contributed by atoms with Crippen molar-refractivity contribution < 1.29 is 4.74 Å². The molecule has 0 aromatic carbocycles. The highest BCUT2D eigenvalue weighted by Gasteiger charge is 2.33. The fraction of sp³-hybridized carbons (Fsp3) is 0.909. The van der Waals surface area contributed by atoms with E-state index in [9.17, 15) is 5.26 Å². The fourth-order valence-electron chi connectivity index (χ4n) is 1.55. The molecule has 0 spiro atoms. The van der Waals surface area contributed by atoms with Crippen molar-refractivity contribution >= 4 is 0 Å². The molecular weight excluding hydrogens is 176 g/mol. The third kappa shape index (κ3) is 3.28. The van der Waals surface area contributed by atoms with Crippen LogP contribution in [0.3, 0.4) is 0 Å². The van der Waals surface area contributed by atoms with E-state index in [2.05, 4.69) is 11.4 Å². The number of ether oxygens (including phenoxy) is 1.